The van der Waals surface area contributed by atoms with Crippen molar-refractivity contribution in [2.75, 3.05) is 0 Å². The highest BCUT2D eigenvalue weighted by molar-refractivity contribution is 5.94. The lowest BCUT2D eigenvalue weighted by Gasteiger charge is -1.98. The van der Waals surface area contributed by atoms with Gasteiger partial charge in [-0.05, 0) is 6.92 Å². The number of nitrogens with zero attached hydrogens (tertiary/aromatic N) is 2. The van der Waals surface area contributed by atoms with Crippen LogP contribution in [0.2, 0.25) is 0 Å². The van der Waals surface area contributed by atoms with Gasteiger partial charge in [-0.1, -0.05) is 0 Å². The summed E-state index contributed by atoms with van der Waals surface area (Å²) in [4.78, 5) is 10.9. The van der Waals surface area contributed by atoms with Crippen molar-refractivity contribution >= 4 is 5.78 Å². The maximum Gasteiger partial charge on any atom is 0.163 e. The average molecular weight is 153 g/mol. The molecular weight excluding hydrogens is 142 g/mol. The Bertz CT molecular complexity index is 277. The van der Waals surface area contributed by atoms with Crippen molar-refractivity contribution in [2.24, 2.45) is 12.8 Å². The van der Waals surface area contributed by atoms with Gasteiger partial charge < -0.3 is 5.73 Å². The van der Waals surface area contributed by atoms with E-state index in [2.05, 4.69) is 5.10 Å². The van der Waals surface area contributed by atoms with E-state index < -0.39 is 0 Å². The fraction of sp³-hybridized carbons (Fsp3) is 0.429. The van der Waals surface area contributed by atoms with Crippen molar-refractivity contribution in [2.45, 2.75) is 13.5 Å². The number of aryl methyl sites for hydroxylation is 1. The Labute approximate surface area is 65.0 Å². The van der Waals surface area contributed by atoms with Crippen molar-refractivity contribution in [3.05, 3.63) is 17.5 Å². The summed E-state index contributed by atoms with van der Waals surface area (Å²) in [6, 6.07) is 0. The smallest absolute Gasteiger partial charge is 0.163 e. The minimum Gasteiger partial charge on any atom is -0.325 e. The first-order chi connectivity index (χ1) is 5.16. The molecule has 1 aromatic rings. The number of aromatic nitrogens is 2. The van der Waals surface area contributed by atoms with Gasteiger partial charge in [-0.2, -0.15) is 5.10 Å². The normalized spacial score (nSPS) is 10.1. The Morgan fingerprint density at radius 1 is 1.82 bits per heavy atom. The van der Waals surface area contributed by atoms with Crippen LogP contribution in [0.5, 0.6) is 0 Å². The Morgan fingerprint density at radius 2 is 2.45 bits per heavy atom. The quantitative estimate of drug-likeness (QED) is 0.612. The summed E-state index contributed by atoms with van der Waals surface area (Å²) in [6.07, 6.45) is 1.55. The van der Waals surface area contributed by atoms with E-state index >= 15 is 0 Å². The van der Waals surface area contributed by atoms with Gasteiger partial charge in [0.25, 0.3) is 0 Å². The number of carbonyl (C=O) groups excluding carboxylic acids is 1. The average Bonchev–Trinajstić information content (AvgIpc) is 2.30. The Morgan fingerprint density at radius 3 is 2.82 bits per heavy atom. The monoisotopic (exact) mass is 153 g/mol. The van der Waals surface area contributed by atoms with Crippen molar-refractivity contribution in [1.29, 1.82) is 0 Å². The second-order valence-corrected chi connectivity index (χ2v) is 2.39. The van der Waals surface area contributed by atoms with E-state index in [1.165, 1.54) is 6.92 Å². The molecule has 0 atom stereocenters. The molecule has 4 nitrogen and oxygen atoms in total. The first-order valence-corrected chi connectivity index (χ1v) is 3.38. The standard InChI is InChI=1S/C7H11N3O/c1-5(11)6-4-9-10(2)7(6)3-8/h4H,3,8H2,1-2H3. The molecule has 0 aliphatic heterocycles. The molecule has 0 aliphatic carbocycles. The summed E-state index contributed by atoms with van der Waals surface area (Å²) < 4.78 is 1.62. The van der Waals surface area contributed by atoms with Crippen molar-refractivity contribution in [3.8, 4) is 0 Å². The number of rotatable bonds is 2. The van der Waals surface area contributed by atoms with Gasteiger partial charge >= 0.3 is 0 Å². The van der Waals surface area contributed by atoms with Gasteiger partial charge in [0.2, 0.25) is 0 Å². The van der Waals surface area contributed by atoms with Crippen LogP contribution in [0.1, 0.15) is 23.0 Å². The molecule has 1 heterocycles. The molecule has 1 rings (SSSR count). The van der Waals surface area contributed by atoms with Gasteiger partial charge in [0.1, 0.15) is 0 Å². The molecule has 0 aromatic carbocycles. The third-order valence-corrected chi connectivity index (χ3v) is 1.63. The van der Waals surface area contributed by atoms with Gasteiger partial charge in [0.15, 0.2) is 5.78 Å². The highest BCUT2D eigenvalue weighted by atomic mass is 16.1. The molecule has 0 spiro atoms. The summed E-state index contributed by atoms with van der Waals surface area (Å²) in [6.45, 7) is 1.86. The van der Waals surface area contributed by atoms with Crippen LogP contribution in [0.25, 0.3) is 0 Å². The van der Waals surface area contributed by atoms with E-state index in [0.29, 0.717) is 12.1 Å². The van der Waals surface area contributed by atoms with E-state index in [1.54, 1.807) is 17.9 Å². The topological polar surface area (TPSA) is 60.9 Å². The zero-order valence-electron chi connectivity index (χ0n) is 6.66. The molecule has 0 unspecified atom stereocenters. The highest BCUT2D eigenvalue weighted by Gasteiger charge is 2.09. The number of hydrogen-bond donors (Lipinski definition) is 1. The van der Waals surface area contributed by atoms with Crippen LogP contribution >= 0.6 is 0 Å². The largest absolute Gasteiger partial charge is 0.325 e. The zero-order chi connectivity index (χ0) is 8.43. The van der Waals surface area contributed by atoms with E-state index in [-0.39, 0.29) is 5.78 Å². The van der Waals surface area contributed by atoms with Crippen LogP contribution in [-0.2, 0) is 13.6 Å². The van der Waals surface area contributed by atoms with E-state index in [9.17, 15) is 4.79 Å². The van der Waals surface area contributed by atoms with Crippen molar-refractivity contribution in [1.82, 2.24) is 9.78 Å². The lowest BCUT2D eigenvalue weighted by Crippen LogP contribution is -2.08. The van der Waals surface area contributed by atoms with Gasteiger partial charge in [0.05, 0.1) is 17.5 Å². The van der Waals surface area contributed by atoms with Gasteiger partial charge in [-0.3, -0.25) is 9.48 Å². The molecule has 0 aliphatic rings. The molecule has 0 bridgehead atoms. The number of carbonyl (C=O) groups is 1. The van der Waals surface area contributed by atoms with Crippen LogP contribution in [0.3, 0.4) is 0 Å². The van der Waals surface area contributed by atoms with E-state index in [4.69, 9.17) is 5.73 Å². The lowest BCUT2D eigenvalue weighted by molar-refractivity contribution is 0.101. The summed E-state index contributed by atoms with van der Waals surface area (Å²) in [7, 11) is 1.77. The zero-order valence-corrected chi connectivity index (χ0v) is 6.66. The van der Waals surface area contributed by atoms with Crippen LogP contribution in [0.15, 0.2) is 6.20 Å². The van der Waals surface area contributed by atoms with Crippen LogP contribution in [-0.4, -0.2) is 15.6 Å². The minimum absolute atomic E-state index is 0.0125. The van der Waals surface area contributed by atoms with Gasteiger partial charge in [-0.15, -0.1) is 0 Å². The third kappa shape index (κ3) is 1.30. The molecule has 0 radical (unpaired) electrons. The van der Waals surface area contributed by atoms with Crippen molar-refractivity contribution in [3.63, 3.8) is 0 Å². The predicted octanol–water partition coefficient (Wildman–Crippen LogP) is 0.0814. The van der Waals surface area contributed by atoms with Crippen LogP contribution in [0.4, 0.5) is 0 Å². The fourth-order valence-electron chi connectivity index (χ4n) is 0.999. The highest BCUT2D eigenvalue weighted by Crippen LogP contribution is 2.06. The first-order valence-electron chi connectivity index (χ1n) is 3.38. The van der Waals surface area contributed by atoms with E-state index in [0.717, 1.165) is 5.69 Å². The maximum atomic E-state index is 10.9. The minimum atomic E-state index is 0.0125. The van der Waals surface area contributed by atoms with Crippen molar-refractivity contribution < 1.29 is 4.79 Å². The molecule has 0 saturated carbocycles. The summed E-state index contributed by atoms with van der Waals surface area (Å²) >= 11 is 0. The molecule has 11 heavy (non-hydrogen) atoms. The molecular formula is C7H11N3O. The second-order valence-electron chi connectivity index (χ2n) is 2.39. The van der Waals surface area contributed by atoms with Crippen LogP contribution in [0, 0.1) is 0 Å². The molecule has 4 heteroatoms. The summed E-state index contributed by atoms with van der Waals surface area (Å²) in [5.74, 6) is 0.0125. The molecule has 0 amide bonds. The van der Waals surface area contributed by atoms with Gasteiger partial charge in [0, 0.05) is 13.6 Å². The Balaban J connectivity index is 3.15. The number of nitrogens with two attached hydrogens (primary N) is 1. The Kier molecular flexibility index (Phi) is 2.05. The molecule has 1 aromatic heterocycles. The molecule has 2 N–H and O–H groups in total. The first kappa shape index (κ1) is 7.94. The number of Topliss-reactive ketones (excluding diaryl/α,β-unsaturated/α-hetero) is 1. The van der Waals surface area contributed by atoms with E-state index in [1.807, 2.05) is 0 Å². The molecule has 0 fully saturated rings. The Hall–Kier alpha value is -1.16. The molecule has 0 saturated heterocycles. The van der Waals surface area contributed by atoms with Gasteiger partial charge in [-0.25, -0.2) is 0 Å². The summed E-state index contributed by atoms with van der Waals surface area (Å²) in [5.41, 5.74) is 6.83. The predicted molar refractivity (Wildman–Crippen MR) is 41.1 cm³/mol. The maximum absolute atomic E-state index is 10.9. The number of hydrogen-bond acceptors (Lipinski definition) is 3. The molecule has 60 valence electrons. The lowest BCUT2D eigenvalue weighted by atomic mass is 10.2. The van der Waals surface area contributed by atoms with Crippen LogP contribution < -0.4 is 5.73 Å². The third-order valence-electron chi connectivity index (χ3n) is 1.63. The summed E-state index contributed by atoms with van der Waals surface area (Å²) in [5, 5.41) is 3.92. The fourth-order valence-corrected chi connectivity index (χ4v) is 0.999. The second kappa shape index (κ2) is 2.84. The SMILES string of the molecule is CC(=O)c1cnn(C)c1CN. The number of ketones is 1.